The fraction of sp³-hybridized carbons (Fsp3) is 0.400. The zero-order chi connectivity index (χ0) is 14.9. The van der Waals surface area contributed by atoms with Gasteiger partial charge in [-0.25, -0.2) is 8.42 Å². The summed E-state index contributed by atoms with van der Waals surface area (Å²) in [4.78, 5) is 6.04. The number of sulfonamides is 1. The lowest BCUT2D eigenvalue weighted by Gasteiger charge is -2.31. The molecular formula is C15H20N3O2S+. The van der Waals surface area contributed by atoms with Gasteiger partial charge in [0.05, 0.1) is 38.2 Å². The van der Waals surface area contributed by atoms with Crippen molar-refractivity contribution < 1.29 is 13.3 Å². The highest BCUT2D eigenvalue weighted by Gasteiger charge is 2.31. The van der Waals surface area contributed by atoms with Crippen molar-refractivity contribution in [1.82, 2.24) is 9.29 Å². The summed E-state index contributed by atoms with van der Waals surface area (Å²) in [5.41, 5.74) is 0.560. The van der Waals surface area contributed by atoms with Crippen molar-refractivity contribution in [2.24, 2.45) is 0 Å². The number of benzene rings is 1. The van der Waals surface area contributed by atoms with E-state index in [1.807, 2.05) is 18.2 Å². The van der Waals surface area contributed by atoms with Gasteiger partial charge in [0.2, 0.25) is 10.0 Å². The van der Waals surface area contributed by atoms with Crippen LogP contribution >= 0.6 is 0 Å². The van der Waals surface area contributed by atoms with E-state index in [1.165, 1.54) is 4.90 Å². The van der Waals surface area contributed by atoms with Gasteiger partial charge in [-0.05, 0) is 19.1 Å². The van der Waals surface area contributed by atoms with Crippen LogP contribution in [-0.2, 0) is 10.0 Å². The van der Waals surface area contributed by atoms with Crippen molar-refractivity contribution in [3.05, 3.63) is 36.5 Å². The van der Waals surface area contributed by atoms with Crippen LogP contribution in [0.2, 0.25) is 0 Å². The molecule has 2 heterocycles. The molecule has 1 fully saturated rings. The fourth-order valence-electron chi connectivity index (χ4n) is 2.82. The first-order chi connectivity index (χ1) is 10.1. The van der Waals surface area contributed by atoms with E-state index in [0.29, 0.717) is 23.5 Å². The molecule has 21 heavy (non-hydrogen) atoms. The molecule has 112 valence electrons. The molecule has 2 aromatic rings. The topological polar surface area (TPSA) is 54.7 Å². The average Bonchev–Trinajstić information content (AvgIpc) is 2.54. The van der Waals surface area contributed by atoms with Gasteiger partial charge >= 0.3 is 0 Å². The molecular weight excluding hydrogens is 286 g/mol. The quantitative estimate of drug-likeness (QED) is 0.878. The van der Waals surface area contributed by atoms with Crippen LogP contribution in [0, 0.1) is 0 Å². The lowest BCUT2D eigenvalue weighted by Crippen LogP contribution is -3.14. The van der Waals surface area contributed by atoms with Crippen molar-refractivity contribution in [2.45, 2.75) is 11.8 Å². The van der Waals surface area contributed by atoms with E-state index < -0.39 is 10.0 Å². The van der Waals surface area contributed by atoms with E-state index in [1.54, 1.807) is 22.6 Å². The van der Waals surface area contributed by atoms with Gasteiger partial charge < -0.3 is 4.90 Å². The van der Waals surface area contributed by atoms with Gasteiger partial charge in [0.25, 0.3) is 0 Å². The van der Waals surface area contributed by atoms with Crippen LogP contribution in [0.5, 0.6) is 0 Å². The summed E-state index contributed by atoms with van der Waals surface area (Å²) in [6.07, 6.45) is 1.64. The van der Waals surface area contributed by atoms with Crippen molar-refractivity contribution in [1.29, 1.82) is 0 Å². The first-order valence-electron chi connectivity index (χ1n) is 7.30. The van der Waals surface area contributed by atoms with Crippen LogP contribution < -0.4 is 4.90 Å². The normalized spacial score (nSPS) is 18.1. The van der Waals surface area contributed by atoms with Crippen LogP contribution in [0.15, 0.2) is 41.4 Å². The van der Waals surface area contributed by atoms with Crippen molar-refractivity contribution in [2.75, 3.05) is 32.7 Å². The highest BCUT2D eigenvalue weighted by molar-refractivity contribution is 7.89. The van der Waals surface area contributed by atoms with Crippen LogP contribution in [0.3, 0.4) is 0 Å². The predicted octanol–water partition coefficient (Wildman–Crippen LogP) is 0.144. The Bertz CT molecular complexity index is 732. The smallest absolute Gasteiger partial charge is 0.245 e. The Balaban J connectivity index is 1.98. The summed E-state index contributed by atoms with van der Waals surface area (Å²) in [5.74, 6) is 0. The maximum atomic E-state index is 12.9. The van der Waals surface area contributed by atoms with Crippen molar-refractivity contribution in [3.63, 3.8) is 0 Å². The Kier molecular flexibility index (Phi) is 3.93. The average molecular weight is 306 g/mol. The van der Waals surface area contributed by atoms with Crippen LogP contribution in [-0.4, -0.2) is 50.4 Å². The molecule has 0 saturated carbocycles. The predicted molar refractivity (Wildman–Crippen MR) is 81.7 cm³/mol. The molecule has 0 atom stereocenters. The van der Waals surface area contributed by atoms with Gasteiger partial charge in [0.15, 0.2) is 0 Å². The number of rotatable bonds is 3. The molecule has 1 aromatic heterocycles. The Labute approximate surface area is 125 Å². The third-order valence-corrected chi connectivity index (χ3v) is 6.07. The number of pyridine rings is 1. The molecule has 5 nitrogen and oxygen atoms in total. The Morgan fingerprint density at radius 1 is 1.19 bits per heavy atom. The van der Waals surface area contributed by atoms with Crippen LogP contribution in [0.25, 0.3) is 10.9 Å². The van der Waals surface area contributed by atoms with Gasteiger partial charge in [0.1, 0.15) is 4.90 Å². The second kappa shape index (κ2) is 5.71. The summed E-state index contributed by atoms with van der Waals surface area (Å²) >= 11 is 0. The fourth-order valence-corrected chi connectivity index (χ4v) is 4.43. The van der Waals surface area contributed by atoms with Gasteiger partial charge in [-0.2, -0.15) is 4.31 Å². The number of piperazine rings is 1. The van der Waals surface area contributed by atoms with Crippen molar-refractivity contribution >= 4 is 20.9 Å². The molecule has 0 bridgehead atoms. The van der Waals surface area contributed by atoms with Gasteiger partial charge in [-0.15, -0.1) is 0 Å². The van der Waals surface area contributed by atoms with E-state index in [4.69, 9.17) is 0 Å². The van der Waals surface area contributed by atoms with E-state index in [9.17, 15) is 8.42 Å². The first kappa shape index (κ1) is 14.4. The molecule has 0 radical (unpaired) electrons. The SMILES string of the molecule is CC[NH+]1CCN(S(=O)(=O)c2cccc3cccnc23)CC1. The van der Waals surface area contributed by atoms with Gasteiger partial charge in [-0.1, -0.05) is 18.2 Å². The maximum absolute atomic E-state index is 12.9. The Morgan fingerprint density at radius 3 is 2.62 bits per heavy atom. The molecule has 0 unspecified atom stereocenters. The zero-order valence-corrected chi connectivity index (χ0v) is 12.9. The summed E-state index contributed by atoms with van der Waals surface area (Å²) in [6, 6.07) is 9.04. The second-order valence-electron chi connectivity index (χ2n) is 5.34. The Morgan fingerprint density at radius 2 is 1.90 bits per heavy atom. The minimum absolute atomic E-state index is 0.320. The minimum atomic E-state index is -3.46. The molecule has 1 aliphatic heterocycles. The van der Waals surface area contributed by atoms with Crippen LogP contribution in [0.1, 0.15) is 6.92 Å². The molecule has 3 rings (SSSR count). The molecule has 1 aliphatic rings. The highest BCUT2D eigenvalue weighted by Crippen LogP contribution is 2.23. The van der Waals surface area contributed by atoms with Crippen LogP contribution in [0.4, 0.5) is 0 Å². The monoisotopic (exact) mass is 306 g/mol. The summed E-state index contributed by atoms with van der Waals surface area (Å²) in [7, 11) is -3.46. The second-order valence-corrected chi connectivity index (χ2v) is 7.25. The lowest BCUT2D eigenvalue weighted by atomic mass is 10.2. The minimum Gasteiger partial charge on any atom is -0.333 e. The number of nitrogens with zero attached hydrogens (tertiary/aromatic N) is 2. The number of nitrogens with one attached hydrogen (secondary N) is 1. The summed E-state index contributed by atoms with van der Waals surface area (Å²) in [5, 5.41) is 0.858. The van der Waals surface area contributed by atoms with Crippen molar-refractivity contribution in [3.8, 4) is 0 Å². The first-order valence-corrected chi connectivity index (χ1v) is 8.74. The molecule has 0 spiro atoms. The molecule has 0 aliphatic carbocycles. The summed E-state index contributed by atoms with van der Waals surface area (Å²) in [6.45, 7) is 6.07. The standard InChI is InChI=1S/C15H19N3O2S/c1-2-17-9-11-18(12-10-17)21(19,20)14-7-3-5-13-6-4-8-16-15(13)14/h3-8H,2,9-12H2,1H3/p+1. The highest BCUT2D eigenvalue weighted by atomic mass is 32.2. The van der Waals surface area contributed by atoms with Gasteiger partial charge in [-0.3, -0.25) is 4.98 Å². The molecule has 1 N–H and O–H groups in total. The molecule has 1 aromatic carbocycles. The molecule has 6 heteroatoms. The molecule has 1 saturated heterocycles. The Hall–Kier alpha value is -1.50. The maximum Gasteiger partial charge on any atom is 0.245 e. The number of fused-ring (bicyclic) bond motifs is 1. The third kappa shape index (κ3) is 2.66. The largest absolute Gasteiger partial charge is 0.333 e. The van der Waals surface area contributed by atoms with Gasteiger partial charge in [0, 0.05) is 11.6 Å². The molecule has 0 amide bonds. The summed E-state index contributed by atoms with van der Waals surface area (Å²) < 4.78 is 27.3. The van der Waals surface area contributed by atoms with E-state index in [0.717, 1.165) is 25.0 Å². The van der Waals surface area contributed by atoms with E-state index in [2.05, 4.69) is 11.9 Å². The number of likely N-dealkylation sites (N-methyl/N-ethyl adjacent to an activating group) is 1. The number of para-hydroxylation sites is 1. The number of hydrogen-bond acceptors (Lipinski definition) is 3. The number of hydrogen-bond donors (Lipinski definition) is 1. The third-order valence-electron chi connectivity index (χ3n) is 4.14. The zero-order valence-electron chi connectivity index (χ0n) is 12.1. The number of quaternary nitrogens is 1. The van der Waals surface area contributed by atoms with E-state index >= 15 is 0 Å². The van der Waals surface area contributed by atoms with E-state index in [-0.39, 0.29) is 0 Å². The number of aromatic nitrogens is 1. The lowest BCUT2D eigenvalue weighted by molar-refractivity contribution is -0.901.